The van der Waals surface area contributed by atoms with Crippen molar-refractivity contribution in [2.75, 3.05) is 13.6 Å². The number of hydrogen-bond donors (Lipinski definition) is 1. The Bertz CT molecular complexity index is 375. The van der Waals surface area contributed by atoms with Crippen LogP contribution >= 0.6 is 0 Å². The van der Waals surface area contributed by atoms with Gasteiger partial charge in [-0.25, -0.2) is 0 Å². The van der Waals surface area contributed by atoms with Crippen LogP contribution < -0.4 is 5.32 Å². The molecule has 1 aromatic rings. The van der Waals surface area contributed by atoms with Gasteiger partial charge in [-0.3, -0.25) is 0 Å². The number of halogens is 3. The molecule has 0 saturated heterocycles. The van der Waals surface area contributed by atoms with Gasteiger partial charge in [-0.05, 0) is 31.0 Å². The number of ether oxygens (including phenoxy) is 1. The summed E-state index contributed by atoms with van der Waals surface area (Å²) in [4.78, 5) is 0. The van der Waals surface area contributed by atoms with E-state index in [4.69, 9.17) is 4.74 Å². The van der Waals surface area contributed by atoms with Crippen LogP contribution in [0.25, 0.3) is 0 Å². The van der Waals surface area contributed by atoms with Crippen molar-refractivity contribution >= 4 is 0 Å². The summed E-state index contributed by atoms with van der Waals surface area (Å²) in [5.74, 6) is 0.370. The molecule has 108 valence electrons. The van der Waals surface area contributed by atoms with Gasteiger partial charge in [0.15, 0.2) is 6.10 Å². The predicted molar refractivity (Wildman–Crippen MR) is 69.1 cm³/mol. The Labute approximate surface area is 112 Å². The maximum absolute atomic E-state index is 12.3. The highest BCUT2D eigenvalue weighted by molar-refractivity contribution is 5.24. The van der Waals surface area contributed by atoms with E-state index in [0.717, 1.165) is 24.6 Å². The topological polar surface area (TPSA) is 21.3 Å². The molecule has 2 nitrogen and oxygen atoms in total. The number of rotatable bonds is 6. The minimum atomic E-state index is -4.30. The Kier molecular flexibility index (Phi) is 5.82. The molecular formula is C14H20F3NO. The molecule has 0 fully saturated rings. The SMILES string of the molecule is CNCC(C)c1ccc(COC(C)C(F)(F)F)cc1. The molecule has 1 N–H and O–H groups in total. The first-order valence-corrected chi connectivity index (χ1v) is 6.26. The quantitative estimate of drug-likeness (QED) is 0.858. The molecule has 0 aliphatic rings. The lowest BCUT2D eigenvalue weighted by atomic mass is 10.00. The number of benzene rings is 1. The van der Waals surface area contributed by atoms with Crippen LogP contribution in [-0.2, 0) is 11.3 Å². The van der Waals surface area contributed by atoms with Gasteiger partial charge >= 0.3 is 6.18 Å². The van der Waals surface area contributed by atoms with Gasteiger partial charge in [0.2, 0.25) is 0 Å². The van der Waals surface area contributed by atoms with E-state index in [1.54, 1.807) is 0 Å². The lowest BCUT2D eigenvalue weighted by molar-refractivity contribution is -0.217. The molecule has 0 amide bonds. The first-order chi connectivity index (χ1) is 8.84. The lowest BCUT2D eigenvalue weighted by Gasteiger charge is -2.17. The molecule has 0 spiro atoms. The Balaban J connectivity index is 2.53. The molecule has 2 unspecified atom stereocenters. The van der Waals surface area contributed by atoms with E-state index >= 15 is 0 Å². The number of likely N-dealkylation sites (N-methyl/N-ethyl adjacent to an activating group) is 1. The van der Waals surface area contributed by atoms with Gasteiger partial charge in [-0.2, -0.15) is 13.2 Å². The van der Waals surface area contributed by atoms with Crippen LogP contribution in [0.1, 0.15) is 30.9 Å². The van der Waals surface area contributed by atoms with Crippen LogP contribution in [0.3, 0.4) is 0 Å². The second-order valence-corrected chi connectivity index (χ2v) is 4.70. The van der Waals surface area contributed by atoms with Crippen molar-refractivity contribution in [3.8, 4) is 0 Å². The minimum Gasteiger partial charge on any atom is -0.364 e. The van der Waals surface area contributed by atoms with E-state index in [9.17, 15) is 13.2 Å². The van der Waals surface area contributed by atoms with E-state index in [2.05, 4.69) is 12.2 Å². The van der Waals surface area contributed by atoms with Crippen LogP contribution in [0.4, 0.5) is 13.2 Å². The van der Waals surface area contributed by atoms with E-state index in [1.807, 2.05) is 31.3 Å². The fraction of sp³-hybridized carbons (Fsp3) is 0.571. The Morgan fingerprint density at radius 1 is 1.16 bits per heavy atom. The second kappa shape index (κ2) is 6.91. The van der Waals surface area contributed by atoms with Crippen molar-refractivity contribution in [3.05, 3.63) is 35.4 Å². The summed E-state index contributed by atoms with van der Waals surface area (Å²) in [6.07, 6.45) is -6.04. The van der Waals surface area contributed by atoms with Crippen LogP contribution in [-0.4, -0.2) is 25.9 Å². The minimum absolute atomic E-state index is 0.0264. The van der Waals surface area contributed by atoms with Gasteiger partial charge in [0.25, 0.3) is 0 Å². The fourth-order valence-electron chi connectivity index (χ4n) is 1.68. The van der Waals surface area contributed by atoms with Crippen molar-refractivity contribution in [1.29, 1.82) is 0 Å². The van der Waals surface area contributed by atoms with Crippen molar-refractivity contribution in [2.45, 2.75) is 38.7 Å². The summed E-state index contributed by atoms with van der Waals surface area (Å²) in [5.41, 5.74) is 1.90. The third kappa shape index (κ3) is 5.20. The number of hydrogen-bond acceptors (Lipinski definition) is 2. The fourth-order valence-corrected chi connectivity index (χ4v) is 1.68. The van der Waals surface area contributed by atoms with Crippen molar-refractivity contribution < 1.29 is 17.9 Å². The molecule has 0 aromatic heterocycles. The molecule has 0 heterocycles. The number of nitrogens with one attached hydrogen (secondary N) is 1. The van der Waals surface area contributed by atoms with E-state index in [1.165, 1.54) is 0 Å². The molecule has 0 saturated carbocycles. The van der Waals surface area contributed by atoms with Crippen molar-refractivity contribution in [3.63, 3.8) is 0 Å². The third-order valence-corrected chi connectivity index (χ3v) is 3.02. The molecule has 19 heavy (non-hydrogen) atoms. The zero-order valence-electron chi connectivity index (χ0n) is 11.4. The molecule has 0 radical (unpaired) electrons. The van der Waals surface area contributed by atoms with Gasteiger partial charge in [0, 0.05) is 6.54 Å². The number of alkyl halides is 3. The molecule has 1 rings (SSSR count). The van der Waals surface area contributed by atoms with Crippen molar-refractivity contribution in [2.24, 2.45) is 0 Å². The predicted octanol–water partition coefficient (Wildman–Crippen LogP) is 3.48. The summed E-state index contributed by atoms with van der Waals surface area (Å²) in [5, 5.41) is 3.09. The maximum Gasteiger partial charge on any atom is 0.414 e. The second-order valence-electron chi connectivity index (χ2n) is 4.70. The smallest absolute Gasteiger partial charge is 0.364 e. The summed E-state index contributed by atoms with van der Waals surface area (Å²) in [6, 6.07) is 7.48. The first-order valence-electron chi connectivity index (χ1n) is 6.26. The normalized spacial score (nSPS) is 15.3. The monoisotopic (exact) mass is 275 g/mol. The first kappa shape index (κ1) is 16.0. The van der Waals surface area contributed by atoms with Gasteiger partial charge in [0.1, 0.15) is 0 Å². The van der Waals surface area contributed by atoms with Crippen LogP contribution in [0.2, 0.25) is 0 Å². The van der Waals surface area contributed by atoms with E-state index < -0.39 is 12.3 Å². The molecule has 0 aliphatic carbocycles. The third-order valence-electron chi connectivity index (χ3n) is 3.02. The molecule has 0 aliphatic heterocycles. The van der Waals surface area contributed by atoms with Crippen LogP contribution in [0.15, 0.2) is 24.3 Å². The molecule has 0 bridgehead atoms. The van der Waals surface area contributed by atoms with Crippen LogP contribution in [0, 0.1) is 0 Å². The highest BCUT2D eigenvalue weighted by atomic mass is 19.4. The Morgan fingerprint density at radius 2 is 1.74 bits per heavy atom. The molecule has 5 heteroatoms. The van der Waals surface area contributed by atoms with Gasteiger partial charge < -0.3 is 10.1 Å². The Hall–Kier alpha value is -1.07. The highest BCUT2D eigenvalue weighted by Gasteiger charge is 2.36. The largest absolute Gasteiger partial charge is 0.414 e. The summed E-state index contributed by atoms with van der Waals surface area (Å²) in [6.45, 7) is 3.94. The van der Waals surface area contributed by atoms with Gasteiger partial charge in [-0.1, -0.05) is 31.2 Å². The lowest BCUT2D eigenvalue weighted by Crippen LogP contribution is -2.28. The average Bonchev–Trinajstić information content (AvgIpc) is 2.35. The van der Waals surface area contributed by atoms with Gasteiger partial charge in [0.05, 0.1) is 6.61 Å². The summed E-state index contributed by atoms with van der Waals surface area (Å²) >= 11 is 0. The van der Waals surface area contributed by atoms with E-state index in [0.29, 0.717) is 5.92 Å². The van der Waals surface area contributed by atoms with E-state index in [-0.39, 0.29) is 6.61 Å². The summed E-state index contributed by atoms with van der Waals surface area (Å²) < 4.78 is 41.6. The standard InChI is InChI=1S/C14H20F3NO/c1-10(8-18-3)13-6-4-12(5-7-13)9-19-11(2)14(15,16)17/h4-7,10-11,18H,8-9H2,1-3H3. The molecular weight excluding hydrogens is 255 g/mol. The zero-order chi connectivity index (χ0) is 14.5. The maximum atomic E-state index is 12.3. The molecule has 2 atom stereocenters. The van der Waals surface area contributed by atoms with Crippen LogP contribution in [0.5, 0.6) is 0 Å². The average molecular weight is 275 g/mol. The van der Waals surface area contributed by atoms with Crippen molar-refractivity contribution in [1.82, 2.24) is 5.32 Å². The zero-order valence-corrected chi connectivity index (χ0v) is 11.4. The molecule has 1 aromatic carbocycles. The summed E-state index contributed by atoms with van der Waals surface area (Å²) in [7, 11) is 1.89. The Morgan fingerprint density at radius 3 is 2.21 bits per heavy atom. The highest BCUT2D eigenvalue weighted by Crippen LogP contribution is 2.23. The van der Waals surface area contributed by atoms with Gasteiger partial charge in [-0.15, -0.1) is 0 Å².